The van der Waals surface area contributed by atoms with Crippen LogP contribution in [0.5, 0.6) is 0 Å². The van der Waals surface area contributed by atoms with Crippen LogP contribution < -0.4 is 5.32 Å². The molecule has 1 aliphatic heterocycles. The van der Waals surface area contributed by atoms with Gasteiger partial charge in [-0.05, 0) is 18.4 Å². The second-order valence-corrected chi connectivity index (χ2v) is 5.46. The van der Waals surface area contributed by atoms with E-state index < -0.39 is 0 Å². The molecule has 118 valence electrons. The molecule has 1 atom stereocenters. The van der Waals surface area contributed by atoms with Crippen molar-refractivity contribution in [2.75, 3.05) is 19.8 Å². The van der Waals surface area contributed by atoms with Crippen LogP contribution in [-0.2, 0) is 11.3 Å². The third kappa shape index (κ3) is 3.71. The van der Waals surface area contributed by atoms with Crippen LogP contribution in [0.2, 0.25) is 0 Å². The summed E-state index contributed by atoms with van der Waals surface area (Å²) in [4.78, 5) is 4.46. The lowest BCUT2D eigenvalue weighted by Crippen LogP contribution is -2.24. The molecule has 2 N–H and O–H groups in total. The van der Waals surface area contributed by atoms with E-state index in [4.69, 9.17) is 9.26 Å². The SMILES string of the molecule is OC[C@@H](NCc1noc(C2CCOCC2)n1)c1ccccc1. The molecule has 1 saturated heterocycles. The molecule has 1 aliphatic rings. The number of aliphatic hydroxyl groups excluding tert-OH is 1. The minimum atomic E-state index is -0.133. The minimum Gasteiger partial charge on any atom is -0.394 e. The van der Waals surface area contributed by atoms with Gasteiger partial charge in [-0.15, -0.1) is 0 Å². The minimum absolute atomic E-state index is 0.0225. The molecule has 2 heterocycles. The van der Waals surface area contributed by atoms with Crippen LogP contribution in [0.4, 0.5) is 0 Å². The Morgan fingerprint density at radius 1 is 1.23 bits per heavy atom. The summed E-state index contributed by atoms with van der Waals surface area (Å²) in [5.41, 5.74) is 1.04. The van der Waals surface area contributed by atoms with Crippen molar-refractivity contribution in [3.63, 3.8) is 0 Å². The molecule has 1 aromatic heterocycles. The van der Waals surface area contributed by atoms with Crippen LogP contribution in [0.25, 0.3) is 0 Å². The molecule has 1 aromatic carbocycles. The first-order chi connectivity index (χ1) is 10.9. The van der Waals surface area contributed by atoms with Crippen molar-refractivity contribution < 1.29 is 14.4 Å². The number of aromatic nitrogens is 2. The average Bonchev–Trinajstić information content (AvgIpc) is 3.06. The van der Waals surface area contributed by atoms with Crippen LogP contribution in [-0.4, -0.2) is 35.1 Å². The van der Waals surface area contributed by atoms with Gasteiger partial charge in [-0.2, -0.15) is 4.98 Å². The highest BCUT2D eigenvalue weighted by atomic mass is 16.5. The Hall–Kier alpha value is -1.76. The predicted octanol–water partition coefficient (Wildman–Crippen LogP) is 1.79. The number of ether oxygens (including phenoxy) is 1. The zero-order valence-corrected chi connectivity index (χ0v) is 12.4. The summed E-state index contributed by atoms with van der Waals surface area (Å²) < 4.78 is 10.7. The Morgan fingerprint density at radius 3 is 2.73 bits per heavy atom. The van der Waals surface area contributed by atoms with Crippen LogP contribution in [0.3, 0.4) is 0 Å². The molecule has 0 spiro atoms. The highest BCUT2D eigenvalue weighted by molar-refractivity contribution is 5.18. The van der Waals surface area contributed by atoms with Crippen LogP contribution >= 0.6 is 0 Å². The third-order valence-electron chi connectivity index (χ3n) is 3.95. The van der Waals surface area contributed by atoms with E-state index in [1.165, 1.54) is 0 Å². The first kappa shape index (κ1) is 15.1. The van der Waals surface area contributed by atoms with Gasteiger partial charge in [-0.1, -0.05) is 35.5 Å². The Kier molecular flexibility index (Phi) is 5.15. The van der Waals surface area contributed by atoms with E-state index in [9.17, 15) is 5.11 Å². The van der Waals surface area contributed by atoms with Gasteiger partial charge in [0, 0.05) is 19.1 Å². The van der Waals surface area contributed by atoms with Crippen LogP contribution in [0.1, 0.15) is 42.1 Å². The molecule has 1 fully saturated rings. The maximum atomic E-state index is 9.53. The summed E-state index contributed by atoms with van der Waals surface area (Å²) in [6.07, 6.45) is 1.86. The topological polar surface area (TPSA) is 80.4 Å². The third-order valence-corrected chi connectivity index (χ3v) is 3.95. The summed E-state index contributed by atoms with van der Waals surface area (Å²) in [6.45, 7) is 1.99. The summed E-state index contributed by atoms with van der Waals surface area (Å²) in [5, 5.41) is 16.8. The van der Waals surface area contributed by atoms with E-state index in [0.29, 0.717) is 24.2 Å². The number of nitrogens with zero attached hydrogens (tertiary/aromatic N) is 2. The maximum absolute atomic E-state index is 9.53. The van der Waals surface area contributed by atoms with Gasteiger partial charge in [-0.25, -0.2) is 0 Å². The molecule has 0 bridgehead atoms. The van der Waals surface area contributed by atoms with Crippen molar-refractivity contribution in [1.29, 1.82) is 0 Å². The molecule has 3 rings (SSSR count). The fourth-order valence-electron chi connectivity index (χ4n) is 2.64. The quantitative estimate of drug-likeness (QED) is 0.847. The number of benzene rings is 1. The van der Waals surface area contributed by atoms with E-state index in [2.05, 4.69) is 15.5 Å². The maximum Gasteiger partial charge on any atom is 0.229 e. The summed E-state index contributed by atoms with van der Waals surface area (Å²) >= 11 is 0. The number of rotatable bonds is 6. The lowest BCUT2D eigenvalue weighted by molar-refractivity contribution is 0.0778. The Morgan fingerprint density at radius 2 is 2.00 bits per heavy atom. The van der Waals surface area contributed by atoms with Gasteiger partial charge in [0.1, 0.15) is 0 Å². The van der Waals surface area contributed by atoms with Gasteiger partial charge >= 0.3 is 0 Å². The zero-order valence-electron chi connectivity index (χ0n) is 12.4. The first-order valence-corrected chi connectivity index (χ1v) is 7.66. The second kappa shape index (κ2) is 7.49. The van der Waals surface area contributed by atoms with E-state index in [-0.39, 0.29) is 12.6 Å². The summed E-state index contributed by atoms with van der Waals surface area (Å²) in [6, 6.07) is 9.70. The molecular formula is C16H21N3O3. The fraction of sp³-hybridized carbons (Fsp3) is 0.500. The molecule has 0 radical (unpaired) electrons. The van der Waals surface area contributed by atoms with Gasteiger partial charge < -0.3 is 19.7 Å². The molecule has 6 heteroatoms. The lowest BCUT2D eigenvalue weighted by Gasteiger charge is -2.18. The molecule has 2 aromatic rings. The first-order valence-electron chi connectivity index (χ1n) is 7.66. The fourth-order valence-corrected chi connectivity index (χ4v) is 2.64. The number of nitrogens with one attached hydrogen (secondary N) is 1. The van der Waals surface area contributed by atoms with Gasteiger partial charge in [0.2, 0.25) is 5.89 Å². The standard InChI is InChI=1S/C16H21N3O3/c20-11-14(12-4-2-1-3-5-12)17-10-15-18-16(22-19-15)13-6-8-21-9-7-13/h1-5,13-14,17,20H,6-11H2/t14-/m1/s1. The van der Waals surface area contributed by atoms with Crippen molar-refractivity contribution in [3.05, 3.63) is 47.6 Å². The van der Waals surface area contributed by atoms with E-state index in [1.807, 2.05) is 30.3 Å². The Bertz CT molecular complexity index is 567. The lowest BCUT2D eigenvalue weighted by atomic mass is 10.0. The summed E-state index contributed by atoms with van der Waals surface area (Å²) in [7, 11) is 0. The largest absolute Gasteiger partial charge is 0.394 e. The monoisotopic (exact) mass is 303 g/mol. The van der Waals surface area contributed by atoms with Crippen molar-refractivity contribution in [3.8, 4) is 0 Å². The van der Waals surface area contributed by atoms with Gasteiger partial charge in [0.05, 0.1) is 19.2 Å². The second-order valence-electron chi connectivity index (χ2n) is 5.46. The van der Waals surface area contributed by atoms with Gasteiger partial charge in [-0.3, -0.25) is 0 Å². The molecule has 6 nitrogen and oxygen atoms in total. The molecule has 0 unspecified atom stereocenters. The number of hydrogen-bond acceptors (Lipinski definition) is 6. The zero-order chi connectivity index (χ0) is 15.2. The Labute approximate surface area is 129 Å². The molecule has 0 aliphatic carbocycles. The van der Waals surface area contributed by atoms with Crippen molar-refractivity contribution in [2.45, 2.75) is 31.3 Å². The van der Waals surface area contributed by atoms with Gasteiger partial charge in [0.25, 0.3) is 0 Å². The molecule has 0 amide bonds. The van der Waals surface area contributed by atoms with E-state index in [0.717, 1.165) is 31.6 Å². The summed E-state index contributed by atoms with van der Waals surface area (Å²) in [5.74, 6) is 1.62. The smallest absolute Gasteiger partial charge is 0.229 e. The van der Waals surface area contributed by atoms with Crippen molar-refractivity contribution in [1.82, 2.24) is 15.5 Å². The molecular weight excluding hydrogens is 282 g/mol. The normalized spacial score (nSPS) is 17.5. The number of aliphatic hydroxyl groups is 1. The molecule has 0 saturated carbocycles. The van der Waals surface area contributed by atoms with E-state index >= 15 is 0 Å². The highest BCUT2D eigenvalue weighted by Crippen LogP contribution is 2.25. The van der Waals surface area contributed by atoms with Crippen LogP contribution in [0, 0.1) is 0 Å². The predicted molar refractivity (Wildman–Crippen MR) is 80.2 cm³/mol. The van der Waals surface area contributed by atoms with Crippen molar-refractivity contribution >= 4 is 0 Å². The Balaban J connectivity index is 1.58. The highest BCUT2D eigenvalue weighted by Gasteiger charge is 2.22. The van der Waals surface area contributed by atoms with E-state index in [1.54, 1.807) is 0 Å². The van der Waals surface area contributed by atoms with Gasteiger partial charge in [0.15, 0.2) is 5.82 Å². The van der Waals surface area contributed by atoms with Crippen molar-refractivity contribution in [2.24, 2.45) is 0 Å². The number of hydrogen-bond donors (Lipinski definition) is 2. The van der Waals surface area contributed by atoms with Crippen LogP contribution in [0.15, 0.2) is 34.9 Å². The molecule has 22 heavy (non-hydrogen) atoms. The average molecular weight is 303 g/mol.